The average molecular weight is 501 g/mol. The van der Waals surface area contributed by atoms with E-state index in [0.717, 1.165) is 39.6 Å². The molecule has 0 bridgehead atoms. The summed E-state index contributed by atoms with van der Waals surface area (Å²) in [5.41, 5.74) is 4.45. The molecule has 1 aliphatic heterocycles. The van der Waals surface area contributed by atoms with Crippen molar-refractivity contribution >= 4 is 23.1 Å². The molecule has 0 saturated carbocycles. The van der Waals surface area contributed by atoms with Crippen molar-refractivity contribution in [3.05, 3.63) is 121 Å². The SMILES string of the molecule is O=C1COc2ccc(-c3ccnc(Nc4cccc(Oc5ccccc5)c4)c3)cc2N1Cc1cccnc1. The lowest BCUT2D eigenvalue weighted by Crippen LogP contribution is -2.38. The highest BCUT2D eigenvalue weighted by molar-refractivity contribution is 5.98. The number of aromatic nitrogens is 2. The molecule has 186 valence electrons. The molecule has 3 aromatic carbocycles. The molecule has 5 aromatic rings. The lowest BCUT2D eigenvalue weighted by atomic mass is 10.0. The van der Waals surface area contributed by atoms with Crippen molar-refractivity contribution in [2.75, 3.05) is 16.8 Å². The van der Waals surface area contributed by atoms with Crippen LogP contribution in [0.25, 0.3) is 11.1 Å². The number of amides is 1. The van der Waals surface area contributed by atoms with Crippen LogP contribution < -0.4 is 19.7 Å². The number of pyridine rings is 2. The van der Waals surface area contributed by atoms with E-state index in [4.69, 9.17) is 9.47 Å². The lowest BCUT2D eigenvalue weighted by molar-refractivity contribution is -0.121. The number of anilines is 3. The molecule has 7 nitrogen and oxygen atoms in total. The van der Waals surface area contributed by atoms with E-state index in [1.165, 1.54) is 0 Å². The predicted octanol–water partition coefficient (Wildman–Crippen LogP) is 6.61. The number of hydrogen-bond donors (Lipinski definition) is 1. The average Bonchev–Trinajstić information content (AvgIpc) is 2.96. The largest absolute Gasteiger partial charge is 0.482 e. The highest BCUT2D eigenvalue weighted by atomic mass is 16.5. The number of carbonyl (C=O) groups is 1. The third kappa shape index (κ3) is 5.17. The third-order valence-electron chi connectivity index (χ3n) is 6.14. The van der Waals surface area contributed by atoms with Gasteiger partial charge in [-0.1, -0.05) is 36.4 Å². The second-order valence-corrected chi connectivity index (χ2v) is 8.81. The number of fused-ring (bicyclic) bond motifs is 1. The van der Waals surface area contributed by atoms with Crippen LogP contribution in [-0.2, 0) is 11.3 Å². The molecule has 7 heteroatoms. The first kappa shape index (κ1) is 23.2. The second kappa shape index (κ2) is 10.4. The van der Waals surface area contributed by atoms with Gasteiger partial charge in [0.2, 0.25) is 0 Å². The van der Waals surface area contributed by atoms with Gasteiger partial charge in [-0.2, -0.15) is 0 Å². The predicted molar refractivity (Wildman–Crippen MR) is 147 cm³/mol. The summed E-state index contributed by atoms with van der Waals surface area (Å²) in [6.45, 7) is 0.444. The van der Waals surface area contributed by atoms with Gasteiger partial charge in [0.1, 0.15) is 23.1 Å². The van der Waals surface area contributed by atoms with Gasteiger partial charge in [0.05, 0.1) is 12.2 Å². The van der Waals surface area contributed by atoms with Crippen LogP contribution in [0.1, 0.15) is 5.56 Å². The van der Waals surface area contributed by atoms with Crippen molar-refractivity contribution in [2.45, 2.75) is 6.54 Å². The molecular weight excluding hydrogens is 476 g/mol. The zero-order chi connectivity index (χ0) is 25.7. The quantitative estimate of drug-likeness (QED) is 0.271. The van der Waals surface area contributed by atoms with Crippen LogP contribution >= 0.6 is 0 Å². The summed E-state index contributed by atoms with van der Waals surface area (Å²) in [4.78, 5) is 23.2. The molecule has 1 N–H and O–H groups in total. The maximum atomic E-state index is 12.8. The number of rotatable bonds is 7. The minimum atomic E-state index is -0.0896. The van der Waals surface area contributed by atoms with Gasteiger partial charge < -0.3 is 19.7 Å². The van der Waals surface area contributed by atoms with Crippen molar-refractivity contribution in [3.63, 3.8) is 0 Å². The first-order valence-electron chi connectivity index (χ1n) is 12.2. The molecule has 0 unspecified atom stereocenters. The van der Waals surface area contributed by atoms with E-state index in [9.17, 15) is 4.79 Å². The maximum absolute atomic E-state index is 12.8. The topological polar surface area (TPSA) is 76.6 Å². The monoisotopic (exact) mass is 500 g/mol. The van der Waals surface area contributed by atoms with E-state index in [0.29, 0.717) is 18.1 Å². The van der Waals surface area contributed by atoms with Crippen LogP contribution in [0.2, 0.25) is 0 Å². The van der Waals surface area contributed by atoms with E-state index in [1.54, 1.807) is 23.5 Å². The standard InChI is InChI=1S/C31H24N4O3/c36-31-21-37-29-12-11-23(16-28(29)35(31)20-22-6-5-14-32-19-22)24-13-15-33-30(17-24)34-25-7-4-10-27(18-25)38-26-8-2-1-3-9-26/h1-19H,20-21H2,(H,33,34). The van der Waals surface area contributed by atoms with E-state index in [1.807, 2.05) is 97.1 Å². The Hall–Kier alpha value is -5.17. The van der Waals surface area contributed by atoms with Crippen molar-refractivity contribution in [1.82, 2.24) is 9.97 Å². The Labute approximate surface area is 220 Å². The van der Waals surface area contributed by atoms with E-state index < -0.39 is 0 Å². The van der Waals surface area contributed by atoms with Crippen LogP contribution in [0.5, 0.6) is 17.2 Å². The summed E-state index contributed by atoms with van der Waals surface area (Å²) in [7, 11) is 0. The second-order valence-electron chi connectivity index (χ2n) is 8.81. The molecule has 0 fully saturated rings. The molecule has 0 atom stereocenters. The Bertz CT molecular complexity index is 1580. The van der Waals surface area contributed by atoms with Gasteiger partial charge in [-0.3, -0.25) is 9.78 Å². The Morgan fingerprint density at radius 3 is 2.58 bits per heavy atom. The number of hydrogen-bond acceptors (Lipinski definition) is 6. The smallest absolute Gasteiger partial charge is 0.265 e. The number of ether oxygens (including phenoxy) is 2. The fourth-order valence-corrected chi connectivity index (χ4v) is 4.32. The summed E-state index contributed by atoms with van der Waals surface area (Å²) >= 11 is 0. The molecule has 38 heavy (non-hydrogen) atoms. The minimum Gasteiger partial charge on any atom is -0.482 e. The van der Waals surface area contributed by atoms with E-state index >= 15 is 0 Å². The van der Waals surface area contributed by atoms with Gasteiger partial charge in [-0.05, 0) is 71.3 Å². The molecule has 2 aromatic heterocycles. The van der Waals surface area contributed by atoms with Crippen LogP contribution in [0, 0.1) is 0 Å². The zero-order valence-corrected chi connectivity index (χ0v) is 20.5. The maximum Gasteiger partial charge on any atom is 0.265 e. The molecule has 3 heterocycles. The first-order chi connectivity index (χ1) is 18.7. The highest BCUT2D eigenvalue weighted by Gasteiger charge is 2.26. The van der Waals surface area contributed by atoms with E-state index in [2.05, 4.69) is 15.3 Å². The van der Waals surface area contributed by atoms with Crippen LogP contribution in [0.3, 0.4) is 0 Å². The van der Waals surface area contributed by atoms with Crippen LogP contribution in [-0.4, -0.2) is 22.5 Å². The lowest BCUT2D eigenvalue weighted by Gasteiger charge is -2.30. The molecule has 0 spiro atoms. The Kier molecular flexibility index (Phi) is 6.39. The molecule has 0 radical (unpaired) electrons. The third-order valence-corrected chi connectivity index (χ3v) is 6.14. The fourth-order valence-electron chi connectivity index (χ4n) is 4.32. The number of benzene rings is 3. The Morgan fingerprint density at radius 2 is 1.71 bits per heavy atom. The zero-order valence-electron chi connectivity index (χ0n) is 20.5. The van der Waals surface area contributed by atoms with Gasteiger partial charge >= 0.3 is 0 Å². The van der Waals surface area contributed by atoms with Crippen LogP contribution in [0.15, 0.2) is 116 Å². The molecule has 1 amide bonds. The van der Waals surface area contributed by atoms with Crippen molar-refractivity contribution in [3.8, 4) is 28.4 Å². The number of nitrogens with zero attached hydrogens (tertiary/aromatic N) is 3. The van der Waals surface area contributed by atoms with Crippen molar-refractivity contribution < 1.29 is 14.3 Å². The first-order valence-corrected chi connectivity index (χ1v) is 12.2. The summed E-state index contributed by atoms with van der Waals surface area (Å²) in [5.74, 6) is 2.78. The highest BCUT2D eigenvalue weighted by Crippen LogP contribution is 2.37. The molecule has 6 rings (SSSR count). The summed E-state index contributed by atoms with van der Waals surface area (Å²) in [6, 6.07) is 31.0. The fraction of sp³-hybridized carbons (Fsp3) is 0.0645. The molecule has 0 aliphatic carbocycles. The summed E-state index contributed by atoms with van der Waals surface area (Å²) in [6.07, 6.45) is 5.25. The normalized spacial score (nSPS) is 12.4. The Morgan fingerprint density at radius 1 is 0.842 bits per heavy atom. The van der Waals surface area contributed by atoms with Crippen molar-refractivity contribution in [1.29, 1.82) is 0 Å². The van der Waals surface area contributed by atoms with Crippen LogP contribution in [0.4, 0.5) is 17.2 Å². The van der Waals surface area contributed by atoms with E-state index in [-0.39, 0.29) is 12.5 Å². The number of nitrogens with one attached hydrogen (secondary N) is 1. The molecule has 0 saturated heterocycles. The molecule has 1 aliphatic rings. The molecular formula is C31H24N4O3. The van der Waals surface area contributed by atoms with Gasteiger partial charge in [0.25, 0.3) is 5.91 Å². The minimum absolute atomic E-state index is 0.0168. The van der Waals surface area contributed by atoms with Gasteiger partial charge in [0.15, 0.2) is 6.61 Å². The van der Waals surface area contributed by atoms with Gasteiger partial charge in [0, 0.05) is 30.3 Å². The Balaban J connectivity index is 1.24. The van der Waals surface area contributed by atoms with Gasteiger partial charge in [-0.15, -0.1) is 0 Å². The summed E-state index contributed by atoms with van der Waals surface area (Å²) in [5, 5.41) is 3.36. The number of carbonyl (C=O) groups excluding carboxylic acids is 1. The number of para-hydroxylation sites is 1. The van der Waals surface area contributed by atoms with Gasteiger partial charge in [-0.25, -0.2) is 4.98 Å². The summed E-state index contributed by atoms with van der Waals surface area (Å²) < 4.78 is 11.7. The van der Waals surface area contributed by atoms with Crippen molar-refractivity contribution in [2.24, 2.45) is 0 Å².